The molecule has 1 aliphatic rings. The molecule has 3 aromatic rings. The topological polar surface area (TPSA) is 72.3 Å². The van der Waals surface area contributed by atoms with Crippen molar-refractivity contribution in [1.82, 2.24) is 9.55 Å². The van der Waals surface area contributed by atoms with Crippen LogP contribution in [-0.4, -0.2) is 30.1 Å². The van der Waals surface area contributed by atoms with E-state index in [9.17, 15) is 13.2 Å². The minimum absolute atomic E-state index is 0.106. The summed E-state index contributed by atoms with van der Waals surface area (Å²) in [5.41, 5.74) is 0.248. The second kappa shape index (κ2) is 7.37. The lowest BCUT2D eigenvalue weighted by Gasteiger charge is -2.25. The fourth-order valence-electron chi connectivity index (χ4n) is 3.55. The Labute approximate surface area is 192 Å². The molecule has 1 atom stereocenters. The normalized spacial score (nSPS) is 18.7. The number of nitrogens with zero attached hydrogens (tertiary/aromatic N) is 3. The number of fused-ring (bicyclic) bond motifs is 1. The number of benzene rings is 2. The van der Waals surface area contributed by atoms with Crippen LogP contribution in [0.5, 0.6) is 0 Å². The van der Waals surface area contributed by atoms with E-state index in [1.54, 1.807) is 29.7 Å². The molecule has 1 aromatic heterocycles. The van der Waals surface area contributed by atoms with E-state index in [-0.39, 0.29) is 16.9 Å². The fraction of sp³-hybridized carbons (Fsp3) is 0.200. The largest absolute Gasteiger partial charge is 0.300 e. The number of hydrogen-bond acceptors (Lipinski definition) is 4. The highest BCUT2D eigenvalue weighted by Gasteiger charge is 2.49. The van der Waals surface area contributed by atoms with Crippen LogP contribution in [0, 0.1) is 0 Å². The molecule has 2 heterocycles. The SMILES string of the molecule is CC1(Cc2ccc(Br)cc2)C(=O)N(c2cc(Cl)cc(Cl)c2)c2nc(S(C)(=O)=O)cn21. The highest BCUT2D eigenvalue weighted by atomic mass is 79.9. The number of hydrogen-bond donors (Lipinski definition) is 0. The van der Waals surface area contributed by atoms with Crippen LogP contribution in [0.3, 0.4) is 0 Å². The molecule has 1 aliphatic heterocycles. The predicted octanol–water partition coefficient (Wildman–Crippen LogP) is 4.99. The summed E-state index contributed by atoms with van der Waals surface area (Å²) < 4.78 is 26.8. The first-order valence-corrected chi connectivity index (χ1v) is 12.3. The number of anilines is 2. The Morgan fingerprint density at radius 3 is 2.27 bits per heavy atom. The third kappa shape index (κ3) is 3.66. The first kappa shape index (κ1) is 21.4. The van der Waals surface area contributed by atoms with Gasteiger partial charge in [-0.3, -0.25) is 9.36 Å². The van der Waals surface area contributed by atoms with Gasteiger partial charge in [0.25, 0.3) is 5.91 Å². The molecule has 0 saturated carbocycles. The molecule has 2 aromatic carbocycles. The zero-order valence-electron chi connectivity index (χ0n) is 15.9. The van der Waals surface area contributed by atoms with Gasteiger partial charge in [0, 0.05) is 33.4 Å². The Balaban J connectivity index is 1.89. The maximum atomic E-state index is 13.6. The van der Waals surface area contributed by atoms with Gasteiger partial charge in [0.1, 0.15) is 5.54 Å². The number of amides is 1. The second-order valence-electron chi connectivity index (χ2n) is 7.37. The zero-order chi connectivity index (χ0) is 21.8. The molecular weight excluding hydrogens is 513 g/mol. The van der Waals surface area contributed by atoms with Crippen molar-refractivity contribution >= 4 is 66.5 Å². The Kier molecular flexibility index (Phi) is 5.25. The van der Waals surface area contributed by atoms with Crippen LogP contribution < -0.4 is 4.90 Å². The van der Waals surface area contributed by atoms with Gasteiger partial charge in [-0.15, -0.1) is 0 Å². The molecule has 0 fully saturated rings. The van der Waals surface area contributed by atoms with Gasteiger partial charge in [-0.1, -0.05) is 51.3 Å². The highest BCUT2D eigenvalue weighted by molar-refractivity contribution is 9.10. The molecule has 10 heteroatoms. The van der Waals surface area contributed by atoms with Gasteiger partial charge in [-0.25, -0.2) is 18.3 Å². The third-order valence-corrected chi connectivity index (χ3v) is 6.93. The van der Waals surface area contributed by atoms with E-state index in [1.165, 1.54) is 11.1 Å². The maximum absolute atomic E-state index is 13.6. The Bertz CT molecular complexity index is 1250. The number of aromatic nitrogens is 2. The average Bonchev–Trinajstić information content (AvgIpc) is 3.15. The monoisotopic (exact) mass is 527 g/mol. The van der Waals surface area contributed by atoms with Gasteiger partial charge in [0.15, 0.2) is 14.9 Å². The highest BCUT2D eigenvalue weighted by Crippen LogP contribution is 2.43. The summed E-state index contributed by atoms with van der Waals surface area (Å²) in [6, 6.07) is 12.4. The molecule has 0 aliphatic carbocycles. The van der Waals surface area contributed by atoms with Gasteiger partial charge in [0.05, 0.1) is 5.69 Å². The Hall–Kier alpha value is -1.87. The lowest BCUT2D eigenvalue weighted by Crippen LogP contribution is -2.41. The summed E-state index contributed by atoms with van der Waals surface area (Å²) in [6.07, 6.45) is 2.84. The van der Waals surface area contributed by atoms with Crippen molar-refractivity contribution in [3.8, 4) is 0 Å². The van der Waals surface area contributed by atoms with Crippen LogP contribution in [-0.2, 0) is 26.6 Å². The van der Waals surface area contributed by atoms with E-state index >= 15 is 0 Å². The van der Waals surface area contributed by atoms with Gasteiger partial charge in [-0.05, 0) is 42.8 Å². The fourth-order valence-corrected chi connectivity index (χ4v) is 4.87. The molecule has 0 bridgehead atoms. The van der Waals surface area contributed by atoms with E-state index in [2.05, 4.69) is 20.9 Å². The van der Waals surface area contributed by atoms with Crippen LogP contribution in [0.15, 0.2) is 58.2 Å². The number of rotatable bonds is 4. The predicted molar refractivity (Wildman–Crippen MR) is 120 cm³/mol. The number of carbonyl (C=O) groups is 1. The van der Waals surface area contributed by atoms with Crippen molar-refractivity contribution in [3.63, 3.8) is 0 Å². The second-order valence-corrected chi connectivity index (χ2v) is 11.1. The molecule has 4 rings (SSSR count). The quantitative estimate of drug-likeness (QED) is 0.478. The van der Waals surface area contributed by atoms with Crippen LogP contribution >= 0.6 is 39.1 Å². The molecule has 0 saturated heterocycles. The van der Waals surface area contributed by atoms with Gasteiger partial charge in [0.2, 0.25) is 5.95 Å². The Morgan fingerprint density at radius 2 is 1.70 bits per heavy atom. The van der Waals surface area contributed by atoms with Crippen molar-refractivity contribution in [1.29, 1.82) is 0 Å². The summed E-state index contributed by atoms with van der Waals surface area (Å²) in [5.74, 6) is -0.0512. The smallest absolute Gasteiger partial charge is 0.260 e. The molecule has 156 valence electrons. The number of imidazole rings is 1. The van der Waals surface area contributed by atoms with Crippen molar-refractivity contribution in [3.05, 3.63) is 68.7 Å². The minimum atomic E-state index is -3.58. The third-order valence-electron chi connectivity index (χ3n) is 5.01. The molecule has 1 amide bonds. The van der Waals surface area contributed by atoms with Crippen molar-refractivity contribution in [2.75, 3.05) is 11.2 Å². The minimum Gasteiger partial charge on any atom is -0.300 e. The standard InChI is InChI=1S/C20H16BrCl2N3O3S/c1-20(10-12-3-5-13(21)6-4-12)18(27)26(16-8-14(22)7-15(23)9-16)19-24-17(11-25(19)20)30(2,28)29/h3-9,11H,10H2,1-2H3. The summed E-state index contributed by atoms with van der Waals surface area (Å²) in [6.45, 7) is 1.76. The first-order chi connectivity index (χ1) is 14.0. The van der Waals surface area contributed by atoms with Gasteiger partial charge in [-0.2, -0.15) is 0 Å². The van der Waals surface area contributed by atoms with E-state index in [0.717, 1.165) is 16.3 Å². The van der Waals surface area contributed by atoms with Crippen LogP contribution in [0.4, 0.5) is 11.6 Å². The van der Waals surface area contributed by atoms with Gasteiger partial charge >= 0.3 is 0 Å². The van der Waals surface area contributed by atoms with E-state index < -0.39 is 15.4 Å². The first-order valence-electron chi connectivity index (χ1n) is 8.84. The van der Waals surface area contributed by atoms with Crippen LogP contribution in [0.2, 0.25) is 10.0 Å². The summed E-state index contributed by atoms with van der Waals surface area (Å²) >= 11 is 15.7. The molecule has 0 N–H and O–H groups in total. The average molecular weight is 529 g/mol. The van der Waals surface area contributed by atoms with E-state index in [1.807, 2.05) is 24.3 Å². The molecule has 6 nitrogen and oxygen atoms in total. The van der Waals surface area contributed by atoms with E-state index in [0.29, 0.717) is 22.2 Å². The summed E-state index contributed by atoms with van der Waals surface area (Å²) in [7, 11) is -3.58. The molecule has 30 heavy (non-hydrogen) atoms. The molecule has 1 unspecified atom stereocenters. The maximum Gasteiger partial charge on any atom is 0.260 e. The molecular formula is C20H16BrCl2N3O3S. The molecule has 0 spiro atoms. The lowest BCUT2D eigenvalue weighted by atomic mass is 9.92. The Morgan fingerprint density at radius 1 is 1.10 bits per heavy atom. The van der Waals surface area contributed by atoms with Crippen molar-refractivity contribution in [2.24, 2.45) is 0 Å². The number of sulfone groups is 1. The van der Waals surface area contributed by atoms with Crippen LogP contribution in [0.25, 0.3) is 0 Å². The summed E-state index contributed by atoms with van der Waals surface area (Å²) in [4.78, 5) is 19.3. The van der Waals surface area contributed by atoms with Crippen molar-refractivity contribution in [2.45, 2.75) is 23.9 Å². The van der Waals surface area contributed by atoms with Gasteiger partial charge < -0.3 is 0 Å². The summed E-state index contributed by atoms with van der Waals surface area (Å²) in [5, 5.41) is 0.603. The number of carbonyl (C=O) groups excluding carboxylic acids is 1. The lowest BCUT2D eigenvalue weighted by molar-refractivity contribution is -0.123. The van der Waals surface area contributed by atoms with E-state index in [4.69, 9.17) is 23.2 Å². The number of halogens is 3. The van der Waals surface area contributed by atoms with Crippen LogP contribution in [0.1, 0.15) is 12.5 Å². The molecule has 0 radical (unpaired) electrons. The van der Waals surface area contributed by atoms with Crippen molar-refractivity contribution < 1.29 is 13.2 Å². The zero-order valence-corrected chi connectivity index (χ0v) is 19.8.